The molecule has 1 N–H and O–H groups in total. The fraction of sp³-hybridized carbons (Fsp3) is 0.258. The second kappa shape index (κ2) is 11.6. The molecule has 0 spiro atoms. The first-order valence-electron chi connectivity index (χ1n) is 12.6. The molecular formula is C31H35NO4Si. The van der Waals surface area contributed by atoms with Gasteiger partial charge in [0.25, 0.3) is 8.32 Å². The van der Waals surface area contributed by atoms with Crippen LogP contribution in [0.2, 0.25) is 5.04 Å². The molecule has 0 aliphatic heterocycles. The first-order valence-corrected chi connectivity index (χ1v) is 14.5. The lowest BCUT2D eigenvalue weighted by Crippen LogP contribution is -2.67. The molecule has 3 aromatic carbocycles. The maximum Gasteiger partial charge on any atom is 0.408 e. The fourth-order valence-electron chi connectivity index (χ4n) is 4.71. The highest BCUT2D eigenvalue weighted by atomic mass is 28.4. The summed E-state index contributed by atoms with van der Waals surface area (Å²) in [7, 11) is -2.79. The minimum absolute atomic E-state index is 0.187. The van der Waals surface area contributed by atoms with Crippen LogP contribution < -0.4 is 15.7 Å². The van der Waals surface area contributed by atoms with Crippen LogP contribution in [0, 0.1) is 6.92 Å². The molecule has 1 aromatic heterocycles. The number of carbonyl (C=O) groups excluding carboxylic acids is 1. The highest BCUT2D eigenvalue weighted by molar-refractivity contribution is 6.99. The van der Waals surface area contributed by atoms with E-state index in [1.165, 1.54) is 10.4 Å². The molecular weight excluding hydrogens is 478 g/mol. The number of furan rings is 1. The Morgan fingerprint density at radius 1 is 0.838 bits per heavy atom. The zero-order valence-electron chi connectivity index (χ0n) is 21.9. The van der Waals surface area contributed by atoms with Crippen molar-refractivity contribution in [2.75, 3.05) is 6.61 Å². The van der Waals surface area contributed by atoms with Crippen molar-refractivity contribution < 1.29 is 18.4 Å². The van der Waals surface area contributed by atoms with Gasteiger partial charge in [-0.15, -0.1) is 0 Å². The summed E-state index contributed by atoms with van der Waals surface area (Å²) in [5.74, 6) is 1.40. The molecule has 4 aromatic rings. The Labute approximate surface area is 220 Å². The van der Waals surface area contributed by atoms with Crippen LogP contribution in [-0.4, -0.2) is 21.0 Å². The third-order valence-electron chi connectivity index (χ3n) is 6.49. The SMILES string of the molecule is Cc1ccc([C@@H](CO[Si](c2ccccc2)(c2ccccc2)C(C)(C)C)NC(=O)OCc2ccccc2)o1. The van der Waals surface area contributed by atoms with Crippen molar-refractivity contribution in [3.05, 3.63) is 120 Å². The first kappa shape index (κ1) is 26.4. The number of hydrogen-bond acceptors (Lipinski definition) is 4. The molecule has 0 saturated carbocycles. The number of ether oxygens (including phenoxy) is 1. The summed E-state index contributed by atoms with van der Waals surface area (Å²) in [5, 5.41) is 5.15. The number of amides is 1. The summed E-state index contributed by atoms with van der Waals surface area (Å²) < 4.78 is 18.5. The molecule has 0 aliphatic carbocycles. The smallest absolute Gasteiger partial charge is 0.408 e. The standard InChI is InChI=1S/C31H35NO4Si/c1-24-20-21-29(36-24)28(32-30(33)34-22-25-14-8-5-9-15-25)23-35-37(31(2,3)4,26-16-10-6-11-17-26)27-18-12-7-13-19-27/h5-21,28H,22-23H2,1-4H3,(H,32,33)/t28-/m1/s1. The van der Waals surface area contributed by atoms with Gasteiger partial charge in [0.15, 0.2) is 0 Å². The van der Waals surface area contributed by atoms with Crippen molar-refractivity contribution in [2.45, 2.75) is 45.4 Å². The van der Waals surface area contributed by atoms with Gasteiger partial charge in [-0.05, 0) is 40.0 Å². The van der Waals surface area contributed by atoms with Gasteiger partial charge in [-0.2, -0.15) is 0 Å². The molecule has 1 amide bonds. The van der Waals surface area contributed by atoms with Gasteiger partial charge in [-0.3, -0.25) is 0 Å². The minimum atomic E-state index is -2.79. The van der Waals surface area contributed by atoms with E-state index in [9.17, 15) is 4.79 Å². The van der Waals surface area contributed by atoms with Crippen molar-refractivity contribution >= 4 is 24.8 Å². The Balaban J connectivity index is 1.63. The van der Waals surface area contributed by atoms with Crippen LogP contribution >= 0.6 is 0 Å². The van der Waals surface area contributed by atoms with Crippen LogP contribution in [0.3, 0.4) is 0 Å². The topological polar surface area (TPSA) is 60.7 Å². The third-order valence-corrected chi connectivity index (χ3v) is 11.5. The summed E-state index contributed by atoms with van der Waals surface area (Å²) in [6.07, 6.45) is -0.519. The molecule has 6 heteroatoms. The summed E-state index contributed by atoms with van der Waals surface area (Å²) in [6.45, 7) is 9.00. The lowest BCUT2D eigenvalue weighted by atomic mass is 10.2. The van der Waals surface area contributed by atoms with E-state index in [2.05, 4.69) is 74.6 Å². The summed E-state index contributed by atoms with van der Waals surface area (Å²) in [5.41, 5.74) is 0.923. The van der Waals surface area contributed by atoms with Crippen LogP contribution in [0.15, 0.2) is 108 Å². The van der Waals surface area contributed by atoms with Crippen molar-refractivity contribution in [3.8, 4) is 0 Å². The third kappa shape index (κ3) is 6.21. The van der Waals surface area contributed by atoms with E-state index in [1.807, 2.05) is 61.5 Å². The normalized spacial score (nSPS) is 12.6. The molecule has 0 bridgehead atoms. The molecule has 0 unspecified atom stereocenters. The Morgan fingerprint density at radius 2 is 1.38 bits per heavy atom. The number of carbonyl (C=O) groups is 1. The summed E-state index contributed by atoms with van der Waals surface area (Å²) >= 11 is 0. The number of aryl methyl sites for hydroxylation is 1. The van der Waals surface area contributed by atoms with Crippen LogP contribution in [-0.2, 0) is 15.8 Å². The van der Waals surface area contributed by atoms with Gasteiger partial charge in [0, 0.05) is 0 Å². The highest BCUT2D eigenvalue weighted by Gasteiger charge is 2.50. The van der Waals surface area contributed by atoms with Crippen LogP contribution in [0.5, 0.6) is 0 Å². The fourth-order valence-corrected chi connectivity index (χ4v) is 9.28. The molecule has 0 saturated heterocycles. The molecule has 192 valence electrons. The van der Waals surface area contributed by atoms with Crippen LogP contribution in [0.1, 0.15) is 43.9 Å². The number of alkyl carbamates (subject to hydrolysis) is 1. The molecule has 1 heterocycles. The average Bonchev–Trinajstić information content (AvgIpc) is 3.34. The highest BCUT2D eigenvalue weighted by Crippen LogP contribution is 2.37. The first-order chi connectivity index (χ1) is 17.8. The molecule has 0 fully saturated rings. The Hall–Kier alpha value is -3.61. The summed E-state index contributed by atoms with van der Waals surface area (Å²) in [4.78, 5) is 12.8. The largest absolute Gasteiger partial charge is 0.464 e. The van der Waals surface area contributed by atoms with Crippen molar-refractivity contribution in [3.63, 3.8) is 0 Å². The number of benzene rings is 3. The number of rotatable bonds is 9. The summed E-state index contributed by atoms with van der Waals surface area (Å²) in [6, 6.07) is 33.8. The maximum atomic E-state index is 12.8. The van der Waals surface area contributed by atoms with Gasteiger partial charge >= 0.3 is 6.09 Å². The lowest BCUT2D eigenvalue weighted by molar-refractivity contribution is 0.127. The molecule has 0 radical (unpaired) electrons. The molecule has 4 rings (SSSR count). The zero-order valence-corrected chi connectivity index (χ0v) is 22.9. The van der Waals surface area contributed by atoms with E-state index in [-0.39, 0.29) is 18.3 Å². The molecule has 1 atom stereocenters. The van der Waals surface area contributed by atoms with E-state index in [0.717, 1.165) is 11.3 Å². The van der Waals surface area contributed by atoms with Crippen LogP contribution in [0.4, 0.5) is 4.79 Å². The average molecular weight is 514 g/mol. The second-order valence-corrected chi connectivity index (χ2v) is 14.5. The van der Waals surface area contributed by atoms with Gasteiger partial charge in [0.1, 0.15) is 24.2 Å². The van der Waals surface area contributed by atoms with E-state index in [4.69, 9.17) is 13.6 Å². The van der Waals surface area contributed by atoms with E-state index in [1.54, 1.807) is 0 Å². The van der Waals surface area contributed by atoms with Gasteiger partial charge < -0.3 is 18.9 Å². The van der Waals surface area contributed by atoms with E-state index < -0.39 is 20.5 Å². The Bertz CT molecular complexity index is 1230. The quantitative estimate of drug-likeness (QED) is 0.274. The van der Waals surface area contributed by atoms with Gasteiger partial charge in [0.2, 0.25) is 0 Å². The van der Waals surface area contributed by atoms with Gasteiger partial charge in [-0.1, -0.05) is 112 Å². The second-order valence-electron chi connectivity index (χ2n) is 10.2. The molecule has 37 heavy (non-hydrogen) atoms. The predicted octanol–water partition coefficient (Wildman–Crippen LogP) is 6.13. The number of hydrogen-bond donors (Lipinski definition) is 1. The van der Waals surface area contributed by atoms with Crippen molar-refractivity contribution in [2.24, 2.45) is 0 Å². The minimum Gasteiger partial charge on any atom is -0.464 e. The maximum absolute atomic E-state index is 12.8. The number of nitrogens with one attached hydrogen (secondary N) is 1. The van der Waals surface area contributed by atoms with E-state index >= 15 is 0 Å². The molecule has 0 aliphatic rings. The molecule has 5 nitrogen and oxygen atoms in total. The Kier molecular flexibility index (Phi) is 8.31. The van der Waals surface area contributed by atoms with Crippen molar-refractivity contribution in [1.82, 2.24) is 5.32 Å². The van der Waals surface area contributed by atoms with E-state index in [0.29, 0.717) is 5.76 Å². The Morgan fingerprint density at radius 3 is 1.86 bits per heavy atom. The lowest BCUT2D eigenvalue weighted by Gasteiger charge is -2.43. The monoisotopic (exact) mass is 513 g/mol. The van der Waals surface area contributed by atoms with Crippen molar-refractivity contribution in [1.29, 1.82) is 0 Å². The van der Waals surface area contributed by atoms with Gasteiger partial charge in [0.05, 0.1) is 6.61 Å². The predicted molar refractivity (Wildman–Crippen MR) is 150 cm³/mol. The van der Waals surface area contributed by atoms with Gasteiger partial charge in [-0.25, -0.2) is 4.79 Å². The van der Waals surface area contributed by atoms with Crippen LogP contribution in [0.25, 0.3) is 0 Å². The zero-order chi connectivity index (χ0) is 26.3.